The van der Waals surface area contributed by atoms with E-state index in [-0.39, 0.29) is 6.04 Å². The molecule has 110 valence electrons. The van der Waals surface area contributed by atoms with Crippen LogP contribution in [0, 0.1) is 0 Å². The van der Waals surface area contributed by atoms with Crippen molar-refractivity contribution in [3.63, 3.8) is 0 Å². The van der Waals surface area contributed by atoms with Crippen LogP contribution in [0.15, 0.2) is 53.3 Å². The zero-order chi connectivity index (χ0) is 14.7. The van der Waals surface area contributed by atoms with Crippen LogP contribution < -0.4 is 0 Å². The lowest BCUT2D eigenvalue weighted by Gasteiger charge is -2.38. The molecular formula is C18H21NO2. The van der Waals surface area contributed by atoms with Crippen molar-refractivity contribution in [3.8, 4) is 0 Å². The number of methoxy groups -OCH3 is 1. The molecule has 3 heteroatoms. The second kappa shape index (κ2) is 6.17. The highest BCUT2D eigenvalue weighted by Crippen LogP contribution is 2.35. The third kappa shape index (κ3) is 2.87. The zero-order valence-electron chi connectivity index (χ0n) is 12.4. The van der Waals surface area contributed by atoms with Crippen molar-refractivity contribution in [2.75, 3.05) is 13.7 Å². The number of rotatable bonds is 4. The lowest BCUT2D eigenvalue weighted by molar-refractivity contribution is -0.119. The van der Waals surface area contributed by atoms with Crippen LogP contribution in [0.25, 0.3) is 0 Å². The van der Waals surface area contributed by atoms with Crippen LogP contribution in [0.4, 0.5) is 0 Å². The van der Waals surface area contributed by atoms with E-state index < -0.39 is 0 Å². The van der Waals surface area contributed by atoms with Crippen molar-refractivity contribution in [2.45, 2.75) is 31.7 Å². The molecule has 0 fully saturated rings. The number of ether oxygens (including phenoxy) is 1. The maximum atomic E-state index is 11.4. The van der Waals surface area contributed by atoms with Crippen LogP contribution in [-0.4, -0.2) is 31.0 Å². The number of nitrogens with zero attached hydrogens (tertiary/aromatic N) is 1. The summed E-state index contributed by atoms with van der Waals surface area (Å²) in [5, 5.41) is 0. The molecule has 0 radical (unpaired) electrons. The summed E-state index contributed by atoms with van der Waals surface area (Å²) in [4.78, 5) is 13.4. The molecule has 0 saturated heterocycles. The summed E-state index contributed by atoms with van der Waals surface area (Å²) in [5.41, 5.74) is 4.16. The molecule has 21 heavy (non-hydrogen) atoms. The maximum Gasteiger partial charge on any atom is 0.210 e. The molecule has 0 aromatic heterocycles. The number of allylic oxidation sites excluding steroid dienone is 2. The van der Waals surface area contributed by atoms with E-state index in [0.29, 0.717) is 0 Å². The van der Waals surface area contributed by atoms with Gasteiger partial charge >= 0.3 is 0 Å². The predicted octanol–water partition coefficient (Wildman–Crippen LogP) is 3.08. The van der Waals surface area contributed by atoms with Gasteiger partial charge in [0.1, 0.15) is 0 Å². The van der Waals surface area contributed by atoms with Crippen molar-refractivity contribution in [1.29, 1.82) is 0 Å². The number of hydrogen-bond acceptors (Lipinski definition) is 2. The Bertz CT molecular complexity index is 574. The molecule has 3 rings (SSSR count). The molecule has 1 heterocycles. The predicted molar refractivity (Wildman–Crippen MR) is 82.7 cm³/mol. The van der Waals surface area contributed by atoms with Crippen LogP contribution >= 0.6 is 0 Å². The summed E-state index contributed by atoms with van der Waals surface area (Å²) >= 11 is 0. The average molecular weight is 283 g/mol. The Balaban J connectivity index is 1.85. The van der Waals surface area contributed by atoms with E-state index in [2.05, 4.69) is 30.3 Å². The van der Waals surface area contributed by atoms with Gasteiger partial charge in [0.25, 0.3) is 0 Å². The first kappa shape index (κ1) is 13.9. The Kier molecular flexibility index (Phi) is 4.09. The Hall–Kier alpha value is -2.03. The van der Waals surface area contributed by atoms with E-state index in [4.69, 9.17) is 4.74 Å². The van der Waals surface area contributed by atoms with Crippen molar-refractivity contribution in [3.05, 3.63) is 58.9 Å². The molecule has 1 aliphatic heterocycles. The minimum atomic E-state index is 0.198. The highest BCUT2D eigenvalue weighted by atomic mass is 16.5. The second-order valence-electron chi connectivity index (χ2n) is 5.68. The SMILES string of the molecule is COC1=CCC2=C(CCN(C=O)C2Cc2ccccc2)C1. The molecule has 1 aliphatic carbocycles. The molecule has 1 unspecified atom stereocenters. The second-order valence-corrected chi connectivity index (χ2v) is 5.68. The van der Waals surface area contributed by atoms with E-state index >= 15 is 0 Å². The van der Waals surface area contributed by atoms with E-state index in [1.807, 2.05) is 11.0 Å². The minimum absolute atomic E-state index is 0.198. The van der Waals surface area contributed by atoms with Gasteiger partial charge in [-0.15, -0.1) is 0 Å². The quantitative estimate of drug-likeness (QED) is 0.628. The van der Waals surface area contributed by atoms with Gasteiger partial charge in [-0.3, -0.25) is 4.79 Å². The zero-order valence-corrected chi connectivity index (χ0v) is 12.4. The van der Waals surface area contributed by atoms with Gasteiger partial charge in [-0.05, 0) is 36.5 Å². The van der Waals surface area contributed by atoms with Crippen molar-refractivity contribution in [1.82, 2.24) is 4.90 Å². The summed E-state index contributed by atoms with van der Waals surface area (Å²) in [5.74, 6) is 1.06. The third-order valence-corrected chi connectivity index (χ3v) is 4.54. The maximum absolute atomic E-state index is 11.4. The number of carbonyl (C=O) groups excluding carboxylic acids is 1. The molecule has 2 aliphatic rings. The fourth-order valence-electron chi connectivity index (χ4n) is 3.36. The topological polar surface area (TPSA) is 29.5 Å². The molecule has 1 atom stereocenters. The molecule has 0 bridgehead atoms. The van der Waals surface area contributed by atoms with Gasteiger partial charge in [0.15, 0.2) is 0 Å². The summed E-state index contributed by atoms with van der Waals surface area (Å²) in [6.45, 7) is 0.816. The van der Waals surface area contributed by atoms with Gasteiger partial charge in [0, 0.05) is 13.0 Å². The standard InChI is InChI=1S/C18H21NO2/c1-21-16-7-8-17-15(12-16)9-10-19(13-20)18(17)11-14-5-3-2-4-6-14/h2-7,13,18H,8-12H2,1H3. The minimum Gasteiger partial charge on any atom is -0.501 e. The van der Waals surface area contributed by atoms with Crippen LogP contribution in [0.1, 0.15) is 24.8 Å². The molecular weight excluding hydrogens is 262 g/mol. The number of benzene rings is 1. The fourth-order valence-corrected chi connectivity index (χ4v) is 3.36. The van der Waals surface area contributed by atoms with E-state index in [1.165, 1.54) is 16.7 Å². The first-order valence-corrected chi connectivity index (χ1v) is 7.50. The van der Waals surface area contributed by atoms with E-state index in [9.17, 15) is 4.79 Å². The summed E-state index contributed by atoms with van der Waals surface area (Å²) in [7, 11) is 1.74. The lowest BCUT2D eigenvalue weighted by Crippen LogP contribution is -2.42. The Labute approximate surface area is 125 Å². The molecule has 1 aromatic rings. The monoisotopic (exact) mass is 283 g/mol. The summed E-state index contributed by atoms with van der Waals surface area (Å²) in [6.07, 6.45) is 6.84. The van der Waals surface area contributed by atoms with Crippen LogP contribution in [0.3, 0.4) is 0 Å². The number of hydrogen-bond donors (Lipinski definition) is 0. The number of carbonyl (C=O) groups is 1. The molecule has 1 aromatic carbocycles. The Morgan fingerprint density at radius 2 is 2.14 bits per heavy atom. The lowest BCUT2D eigenvalue weighted by atomic mass is 9.83. The van der Waals surface area contributed by atoms with E-state index in [1.54, 1.807) is 7.11 Å². The van der Waals surface area contributed by atoms with Crippen LogP contribution in [0.2, 0.25) is 0 Å². The van der Waals surface area contributed by atoms with E-state index in [0.717, 1.165) is 44.4 Å². The number of amides is 1. The molecule has 0 spiro atoms. The Morgan fingerprint density at radius 1 is 1.33 bits per heavy atom. The van der Waals surface area contributed by atoms with Gasteiger partial charge in [0.05, 0.1) is 18.9 Å². The molecule has 0 N–H and O–H groups in total. The van der Waals surface area contributed by atoms with Crippen molar-refractivity contribution < 1.29 is 9.53 Å². The largest absolute Gasteiger partial charge is 0.501 e. The molecule has 1 amide bonds. The van der Waals surface area contributed by atoms with Gasteiger partial charge < -0.3 is 9.64 Å². The normalized spacial score (nSPS) is 21.7. The van der Waals surface area contributed by atoms with Crippen molar-refractivity contribution in [2.24, 2.45) is 0 Å². The first-order chi connectivity index (χ1) is 10.3. The van der Waals surface area contributed by atoms with Crippen LogP contribution in [0.5, 0.6) is 0 Å². The summed E-state index contributed by atoms with van der Waals surface area (Å²) < 4.78 is 5.39. The van der Waals surface area contributed by atoms with Gasteiger partial charge in [-0.25, -0.2) is 0 Å². The highest BCUT2D eigenvalue weighted by Gasteiger charge is 2.30. The van der Waals surface area contributed by atoms with Crippen molar-refractivity contribution >= 4 is 6.41 Å². The smallest absolute Gasteiger partial charge is 0.210 e. The van der Waals surface area contributed by atoms with Gasteiger partial charge in [0.2, 0.25) is 6.41 Å². The molecule has 0 saturated carbocycles. The highest BCUT2D eigenvalue weighted by molar-refractivity contribution is 5.52. The van der Waals surface area contributed by atoms with Crippen LogP contribution in [-0.2, 0) is 16.0 Å². The summed E-state index contributed by atoms with van der Waals surface area (Å²) in [6, 6.07) is 10.6. The van der Waals surface area contributed by atoms with Gasteiger partial charge in [-0.1, -0.05) is 35.9 Å². The third-order valence-electron chi connectivity index (χ3n) is 4.54. The Morgan fingerprint density at radius 3 is 2.86 bits per heavy atom. The van der Waals surface area contributed by atoms with Gasteiger partial charge in [-0.2, -0.15) is 0 Å². The average Bonchev–Trinajstić information content (AvgIpc) is 2.55. The first-order valence-electron chi connectivity index (χ1n) is 7.50. The molecule has 3 nitrogen and oxygen atoms in total. The fraction of sp³-hybridized carbons (Fsp3) is 0.389.